The molecule has 0 aromatic rings. The fraction of sp³-hybridized carbons (Fsp3) is 0.600. The molecule has 0 bridgehead atoms. The average Bonchev–Trinajstić information content (AvgIpc) is 1.84. The highest BCUT2D eigenvalue weighted by Gasteiger charge is 2.15. The third kappa shape index (κ3) is 7.60. The van der Waals surface area contributed by atoms with Crippen molar-refractivity contribution in [3.8, 4) is 0 Å². The molecule has 0 atom stereocenters. The molecule has 0 fully saturated rings. The van der Waals surface area contributed by atoms with Gasteiger partial charge >= 0.3 is 0 Å². The van der Waals surface area contributed by atoms with Crippen LogP contribution in [0.25, 0.3) is 0 Å². The number of allylic oxidation sites excluding steroid dienone is 2. The molecule has 0 N–H and O–H groups in total. The van der Waals surface area contributed by atoms with Crippen LogP contribution in [0, 0.1) is 0 Å². The summed E-state index contributed by atoms with van der Waals surface area (Å²) in [6, 6.07) is 0. The van der Waals surface area contributed by atoms with E-state index in [2.05, 4.69) is 39.2 Å². The molecule has 70 valence electrons. The quantitative estimate of drug-likeness (QED) is 0.359. The first-order valence-corrected chi connectivity index (χ1v) is 7.91. The highest BCUT2D eigenvalue weighted by molar-refractivity contribution is 6.70. The number of unbranched alkanes of at least 4 members (excludes halogenated alkanes) is 1. The van der Waals surface area contributed by atoms with E-state index in [1.165, 1.54) is 6.42 Å². The van der Waals surface area contributed by atoms with E-state index in [0.717, 1.165) is 12.2 Å². The molecule has 0 aliphatic carbocycles. The first-order valence-electron chi connectivity index (χ1n) is 4.50. The lowest BCUT2D eigenvalue weighted by Gasteiger charge is -2.18. The van der Waals surface area contributed by atoms with Crippen LogP contribution >= 0.6 is 0 Å². The van der Waals surface area contributed by atoms with Crippen LogP contribution in [0.15, 0.2) is 24.5 Å². The van der Waals surface area contributed by atoms with Crippen molar-refractivity contribution in [3.05, 3.63) is 24.5 Å². The Hall–Kier alpha value is -0.503. The van der Waals surface area contributed by atoms with E-state index in [0.29, 0.717) is 0 Å². The smallest absolute Gasteiger partial charge is 0.242 e. The van der Waals surface area contributed by atoms with Crippen LogP contribution in [0.1, 0.15) is 19.8 Å². The van der Waals surface area contributed by atoms with Crippen molar-refractivity contribution in [2.45, 2.75) is 39.4 Å². The van der Waals surface area contributed by atoms with Gasteiger partial charge in [0.2, 0.25) is 8.32 Å². The molecule has 0 aliphatic rings. The van der Waals surface area contributed by atoms with Crippen molar-refractivity contribution in [1.29, 1.82) is 0 Å². The van der Waals surface area contributed by atoms with E-state index >= 15 is 0 Å². The maximum atomic E-state index is 5.64. The van der Waals surface area contributed by atoms with Crippen molar-refractivity contribution in [3.63, 3.8) is 0 Å². The van der Waals surface area contributed by atoms with Crippen molar-refractivity contribution >= 4 is 8.32 Å². The van der Waals surface area contributed by atoms with Gasteiger partial charge in [-0.05, 0) is 32.1 Å². The second-order valence-electron chi connectivity index (χ2n) is 3.87. The standard InChI is InChI=1S/C10H20OSi/c1-6-7-8-9-10(2)11-12(3,4)5/h8-9H,2,6-7H2,1,3-5H3/b9-8+. The van der Waals surface area contributed by atoms with Gasteiger partial charge in [-0.1, -0.05) is 26.0 Å². The largest absolute Gasteiger partial charge is 0.545 e. The number of hydrogen-bond donors (Lipinski definition) is 0. The first-order chi connectivity index (χ1) is 5.45. The van der Waals surface area contributed by atoms with Crippen LogP contribution in [-0.4, -0.2) is 8.32 Å². The monoisotopic (exact) mass is 184 g/mol. The zero-order valence-electron chi connectivity index (χ0n) is 8.68. The molecule has 0 aromatic carbocycles. The highest BCUT2D eigenvalue weighted by atomic mass is 28.4. The molecule has 12 heavy (non-hydrogen) atoms. The molecule has 1 nitrogen and oxygen atoms in total. The lowest BCUT2D eigenvalue weighted by Crippen LogP contribution is -2.23. The Balaban J connectivity index is 3.75. The van der Waals surface area contributed by atoms with Crippen LogP contribution in [0.3, 0.4) is 0 Å². The van der Waals surface area contributed by atoms with Gasteiger partial charge in [-0.25, -0.2) is 0 Å². The van der Waals surface area contributed by atoms with Crippen LogP contribution < -0.4 is 0 Å². The van der Waals surface area contributed by atoms with Crippen molar-refractivity contribution in [1.82, 2.24) is 0 Å². The lowest BCUT2D eigenvalue weighted by atomic mass is 10.3. The fourth-order valence-electron chi connectivity index (χ4n) is 0.809. The van der Waals surface area contributed by atoms with E-state index in [4.69, 9.17) is 4.43 Å². The molecule has 0 aromatic heterocycles. The zero-order valence-corrected chi connectivity index (χ0v) is 9.68. The van der Waals surface area contributed by atoms with Crippen LogP contribution in [0.5, 0.6) is 0 Å². The molecular weight excluding hydrogens is 164 g/mol. The molecule has 0 saturated heterocycles. The molecule has 0 aliphatic heterocycles. The SMILES string of the molecule is C=C(/C=C/CCC)O[Si](C)(C)C. The van der Waals surface area contributed by atoms with Gasteiger partial charge in [0.1, 0.15) is 0 Å². The summed E-state index contributed by atoms with van der Waals surface area (Å²) in [7, 11) is -1.43. The molecule has 0 heterocycles. The van der Waals surface area contributed by atoms with Gasteiger partial charge in [0.05, 0.1) is 5.76 Å². The predicted molar refractivity (Wildman–Crippen MR) is 57.6 cm³/mol. The van der Waals surface area contributed by atoms with Gasteiger partial charge in [0.25, 0.3) is 0 Å². The van der Waals surface area contributed by atoms with Gasteiger partial charge in [0.15, 0.2) is 0 Å². The van der Waals surface area contributed by atoms with Crippen LogP contribution in [0.2, 0.25) is 19.6 Å². The Morgan fingerprint density at radius 2 is 2.00 bits per heavy atom. The molecular formula is C10H20OSi. The molecule has 0 saturated carbocycles. The Morgan fingerprint density at radius 1 is 1.42 bits per heavy atom. The fourth-order valence-corrected chi connectivity index (χ4v) is 1.66. The predicted octanol–water partition coefficient (Wildman–Crippen LogP) is 3.71. The Labute approximate surface area is 77.3 Å². The second kappa shape index (κ2) is 5.20. The van der Waals surface area contributed by atoms with Crippen LogP contribution in [-0.2, 0) is 4.43 Å². The van der Waals surface area contributed by atoms with E-state index in [1.807, 2.05) is 6.08 Å². The summed E-state index contributed by atoms with van der Waals surface area (Å²) in [5, 5.41) is 0. The third-order valence-corrected chi connectivity index (χ3v) is 2.07. The minimum absolute atomic E-state index is 0.808. The summed E-state index contributed by atoms with van der Waals surface area (Å²) in [6.07, 6.45) is 6.37. The Bertz CT molecular complexity index is 165. The third-order valence-electron chi connectivity index (χ3n) is 1.20. The first kappa shape index (κ1) is 11.5. The maximum absolute atomic E-state index is 5.64. The minimum atomic E-state index is -1.43. The average molecular weight is 184 g/mol. The molecule has 0 unspecified atom stereocenters. The van der Waals surface area contributed by atoms with Crippen molar-refractivity contribution in [2.24, 2.45) is 0 Å². The van der Waals surface area contributed by atoms with Crippen molar-refractivity contribution in [2.75, 3.05) is 0 Å². The zero-order chi connectivity index (χ0) is 9.61. The van der Waals surface area contributed by atoms with Gasteiger partial charge in [-0.15, -0.1) is 0 Å². The molecule has 0 amide bonds. The summed E-state index contributed by atoms with van der Waals surface area (Å²) in [6.45, 7) is 12.5. The van der Waals surface area contributed by atoms with Crippen LogP contribution in [0.4, 0.5) is 0 Å². The van der Waals surface area contributed by atoms with E-state index in [-0.39, 0.29) is 0 Å². The lowest BCUT2D eigenvalue weighted by molar-refractivity contribution is 0.444. The highest BCUT2D eigenvalue weighted by Crippen LogP contribution is 2.09. The summed E-state index contributed by atoms with van der Waals surface area (Å²) < 4.78 is 5.64. The van der Waals surface area contributed by atoms with E-state index in [1.54, 1.807) is 0 Å². The Morgan fingerprint density at radius 3 is 2.42 bits per heavy atom. The summed E-state index contributed by atoms with van der Waals surface area (Å²) in [5.74, 6) is 0.808. The normalized spacial score (nSPS) is 12.0. The van der Waals surface area contributed by atoms with Gasteiger partial charge in [-0.2, -0.15) is 0 Å². The summed E-state index contributed by atoms with van der Waals surface area (Å²) in [5.41, 5.74) is 0. The summed E-state index contributed by atoms with van der Waals surface area (Å²) >= 11 is 0. The second-order valence-corrected chi connectivity index (χ2v) is 8.30. The molecule has 0 spiro atoms. The maximum Gasteiger partial charge on any atom is 0.242 e. The number of hydrogen-bond acceptors (Lipinski definition) is 1. The van der Waals surface area contributed by atoms with E-state index < -0.39 is 8.32 Å². The van der Waals surface area contributed by atoms with E-state index in [9.17, 15) is 0 Å². The molecule has 0 radical (unpaired) electrons. The number of rotatable bonds is 5. The molecule has 0 rings (SSSR count). The minimum Gasteiger partial charge on any atom is -0.545 e. The van der Waals surface area contributed by atoms with Gasteiger partial charge < -0.3 is 4.43 Å². The topological polar surface area (TPSA) is 9.23 Å². The Kier molecular flexibility index (Phi) is 4.98. The van der Waals surface area contributed by atoms with Gasteiger partial charge in [-0.3, -0.25) is 0 Å². The van der Waals surface area contributed by atoms with Gasteiger partial charge in [0, 0.05) is 0 Å². The molecule has 2 heteroatoms. The van der Waals surface area contributed by atoms with Crippen molar-refractivity contribution < 1.29 is 4.43 Å². The summed E-state index contributed by atoms with van der Waals surface area (Å²) in [4.78, 5) is 0.